The van der Waals surface area contributed by atoms with Gasteiger partial charge in [-0.1, -0.05) is 17.7 Å². The van der Waals surface area contributed by atoms with E-state index < -0.39 is 0 Å². The second-order valence-electron chi connectivity index (χ2n) is 6.43. The number of halogens is 1. The highest BCUT2D eigenvalue weighted by Gasteiger charge is 2.31. The molecule has 1 amide bonds. The molecule has 0 bridgehead atoms. The lowest BCUT2D eigenvalue weighted by molar-refractivity contribution is 0.0723. The monoisotopic (exact) mass is 342 g/mol. The lowest BCUT2D eigenvalue weighted by atomic mass is 10.1. The summed E-state index contributed by atoms with van der Waals surface area (Å²) in [5, 5.41) is 5.94. The van der Waals surface area contributed by atoms with E-state index in [1.165, 1.54) is 0 Å². The van der Waals surface area contributed by atoms with Gasteiger partial charge in [0.05, 0.1) is 24.3 Å². The zero-order valence-electron chi connectivity index (χ0n) is 13.5. The Kier molecular flexibility index (Phi) is 3.81. The zero-order chi connectivity index (χ0) is 16.7. The van der Waals surface area contributed by atoms with Gasteiger partial charge in [0.15, 0.2) is 0 Å². The molecular weight excluding hydrogens is 324 g/mol. The second kappa shape index (κ2) is 5.98. The van der Waals surface area contributed by atoms with Crippen LogP contribution in [0, 0.1) is 6.92 Å². The molecular formula is C18H19ClN4O. The highest BCUT2D eigenvalue weighted by molar-refractivity contribution is 6.31. The van der Waals surface area contributed by atoms with Crippen LogP contribution in [0.1, 0.15) is 28.8 Å². The van der Waals surface area contributed by atoms with Crippen molar-refractivity contribution in [2.45, 2.75) is 32.4 Å². The van der Waals surface area contributed by atoms with Crippen molar-refractivity contribution in [2.24, 2.45) is 0 Å². The highest BCUT2D eigenvalue weighted by atomic mass is 35.5. The summed E-state index contributed by atoms with van der Waals surface area (Å²) in [6, 6.07) is 5.77. The largest absolute Gasteiger partial charge is 0.360 e. The number of aryl methyl sites for hydroxylation is 1. The number of likely N-dealkylation sites (tertiary alicyclic amines) is 1. The number of aromatic nitrogens is 3. The fourth-order valence-corrected chi connectivity index (χ4v) is 3.68. The summed E-state index contributed by atoms with van der Waals surface area (Å²) in [6.45, 7) is 3.57. The Morgan fingerprint density at radius 3 is 3.12 bits per heavy atom. The van der Waals surface area contributed by atoms with Gasteiger partial charge < -0.3 is 9.88 Å². The van der Waals surface area contributed by atoms with Crippen LogP contribution in [0.25, 0.3) is 10.9 Å². The first-order chi connectivity index (χ1) is 11.6. The van der Waals surface area contributed by atoms with Gasteiger partial charge in [0.25, 0.3) is 5.91 Å². The van der Waals surface area contributed by atoms with Gasteiger partial charge in [-0.2, -0.15) is 5.10 Å². The summed E-state index contributed by atoms with van der Waals surface area (Å²) >= 11 is 6.02. The van der Waals surface area contributed by atoms with Crippen LogP contribution >= 0.6 is 11.6 Å². The van der Waals surface area contributed by atoms with Gasteiger partial charge in [-0.05, 0) is 37.5 Å². The second-order valence-corrected chi connectivity index (χ2v) is 6.86. The molecule has 0 spiro atoms. The Balaban J connectivity index is 1.60. The minimum atomic E-state index is 0.0787. The molecule has 2 aromatic heterocycles. The topological polar surface area (TPSA) is 53.9 Å². The summed E-state index contributed by atoms with van der Waals surface area (Å²) in [5.74, 6) is 0.0787. The molecule has 4 rings (SSSR count). The fraction of sp³-hybridized carbons (Fsp3) is 0.333. The Bertz CT molecular complexity index is 897. The van der Waals surface area contributed by atoms with E-state index in [9.17, 15) is 4.79 Å². The number of nitrogens with zero attached hydrogens (tertiary/aromatic N) is 3. The molecule has 1 N–H and O–H groups in total. The van der Waals surface area contributed by atoms with Gasteiger partial charge in [0.1, 0.15) is 0 Å². The van der Waals surface area contributed by atoms with Crippen LogP contribution < -0.4 is 0 Å². The zero-order valence-corrected chi connectivity index (χ0v) is 14.3. The quantitative estimate of drug-likeness (QED) is 0.790. The molecule has 0 saturated carbocycles. The van der Waals surface area contributed by atoms with Crippen molar-refractivity contribution in [1.82, 2.24) is 19.7 Å². The molecule has 1 aliphatic heterocycles. The van der Waals surface area contributed by atoms with Crippen molar-refractivity contribution in [1.29, 1.82) is 0 Å². The van der Waals surface area contributed by atoms with Gasteiger partial charge in [-0.3, -0.25) is 9.48 Å². The number of hydrogen-bond donors (Lipinski definition) is 1. The number of hydrogen-bond acceptors (Lipinski definition) is 2. The lowest BCUT2D eigenvalue weighted by Crippen LogP contribution is -2.38. The normalized spacial score (nSPS) is 17.8. The number of nitrogens with one attached hydrogen (secondary N) is 1. The first-order valence-electron chi connectivity index (χ1n) is 8.18. The number of amides is 1. The molecule has 3 aromatic rings. The summed E-state index contributed by atoms with van der Waals surface area (Å²) in [4.78, 5) is 18.2. The van der Waals surface area contributed by atoms with E-state index in [1.807, 2.05) is 47.1 Å². The predicted molar refractivity (Wildman–Crippen MR) is 94.3 cm³/mol. The molecule has 1 atom stereocenters. The predicted octanol–water partition coefficient (Wildman–Crippen LogP) is 3.63. The number of aromatic amines is 1. The standard InChI is InChI=1S/C18H19ClN4O/c1-12-8-21-22(10-12)11-14-3-2-6-23(14)18(24)16-9-20-17-7-13(19)4-5-15(16)17/h4-5,7-10,14,20H,2-3,6,11H2,1H3. The summed E-state index contributed by atoms with van der Waals surface area (Å²) in [6.07, 6.45) is 7.71. The molecule has 0 aliphatic carbocycles. The van der Waals surface area contributed by atoms with Crippen molar-refractivity contribution >= 4 is 28.4 Å². The van der Waals surface area contributed by atoms with Crippen LogP contribution in [-0.2, 0) is 6.54 Å². The number of fused-ring (bicyclic) bond motifs is 1. The molecule has 24 heavy (non-hydrogen) atoms. The van der Waals surface area contributed by atoms with Crippen molar-refractivity contribution in [3.63, 3.8) is 0 Å². The number of H-pyrrole nitrogens is 1. The van der Waals surface area contributed by atoms with Crippen LogP contribution in [0.15, 0.2) is 36.8 Å². The van der Waals surface area contributed by atoms with Gasteiger partial charge in [-0.25, -0.2) is 0 Å². The highest BCUT2D eigenvalue weighted by Crippen LogP contribution is 2.27. The Morgan fingerprint density at radius 1 is 1.46 bits per heavy atom. The maximum absolute atomic E-state index is 13.1. The Hall–Kier alpha value is -2.27. The lowest BCUT2D eigenvalue weighted by Gasteiger charge is -2.24. The Labute approximate surface area is 145 Å². The number of rotatable bonds is 3. The average molecular weight is 343 g/mol. The van der Waals surface area contributed by atoms with Crippen molar-refractivity contribution in [2.75, 3.05) is 6.54 Å². The van der Waals surface area contributed by atoms with Gasteiger partial charge >= 0.3 is 0 Å². The van der Waals surface area contributed by atoms with Crippen LogP contribution in [0.2, 0.25) is 5.02 Å². The minimum Gasteiger partial charge on any atom is -0.360 e. The molecule has 1 saturated heterocycles. The van der Waals surface area contributed by atoms with Gasteiger partial charge in [0, 0.05) is 34.9 Å². The number of carbonyl (C=O) groups is 1. The number of carbonyl (C=O) groups excluding carboxylic acids is 1. The van der Waals surface area contributed by atoms with Crippen molar-refractivity contribution in [3.05, 3.63) is 52.9 Å². The maximum atomic E-state index is 13.1. The first kappa shape index (κ1) is 15.3. The third kappa shape index (κ3) is 2.69. The Morgan fingerprint density at radius 2 is 2.33 bits per heavy atom. The van der Waals surface area contributed by atoms with Gasteiger partial charge in [0.2, 0.25) is 0 Å². The van der Waals surface area contributed by atoms with E-state index >= 15 is 0 Å². The van der Waals surface area contributed by atoms with Crippen LogP contribution in [0.5, 0.6) is 0 Å². The molecule has 1 aliphatic rings. The smallest absolute Gasteiger partial charge is 0.256 e. The van der Waals surface area contributed by atoms with Crippen molar-refractivity contribution < 1.29 is 4.79 Å². The van der Waals surface area contributed by atoms with E-state index in [0.717, 1.165) is 42.4 Å². The molecule has 3 heterocycles. The van der Waals surface area contributed by atoms with Crippen LogP contribution in [-0.4, -0.2) is 38.2 Å². The van der Waals surface area contributed by atoms with Crippen molar-refractivity contribution in [3.8, 4) is 0 Å². The third-order valence-electron chi connectivity index (χ3n) is 4.67. The van der Waals surface area contributed by atoms with E-state index in [2.05, 4.69) is 10.1 Å². The average Bonchev–Trinajstić information content (AvgIpc) is 3.27. The summed E-state index contributed by atoms with van der Waals surface area (Å²) in [5.41, 5.74) is 2.74. The van der Waals surface area contributed by atoms with E-state index in [-0.39, 0.29) is 11.9 Å². The van der Waals surface area contributed by atoms with E-state index in [0.29, 0.717) is 10.6 Å². The summed E-state index contributed by atoms with van der Waals surface area (Å²) < 4.78 is 1.93. The van der Waals surface area contributed by atoms with E-state index in [4.69, 9.17) is 11.6 Å². The van der Waals surface area contributed by atoms with Crippen LogP contribution in [0.4, 0.5) is 0 Å². The SMILES string of the molecule is Cc1cnn(CC2CCCN2C(=O)c2c[nH]c3cc(Cl)ccc23)c1. The molecule has 6 heteroatoms. The molecule has 1 fully saturated rings. The summed E-state index contributed by atoms with van der Waals surface area (Å²) in [7, 11) is 0. The molecule has 124 valence electrons. The number of benzene rings is 1. The van der Waals surface area contributed by atoms with Crippen LogP contribution in [0.3, 0.4) is 0 Å². The third-order valence-corrected chi connectivity index (χ3v) is 4.91. The first-order valence-corrected chi connectivity index (χ1v) is 8.56. The molecule has 1 aromatic carbocycles. The molecule has 0 radical (unpaired) electrons. The molecule has 5 nitrogen and oxygen atoms in total. The molecule has 1 unspecified atom stereocenters. The minimum absolute atomic E-state index is 0.0787. The fourth-order valence-electron chi connectivity index (χ4n) is 3.51. The van der Waals surface area contributed by atoms with E-state index in [1.54, 1.807) is 6.20 Å². The maximum Gasteiger partial charge on any atom is 0.256 e. The van der Waals surface area contributed by atoms with Gasteiger partial charge in [-0.15, -0.1) is 0 Å².